The number of nitrogens with zero attached hydrogens (tertiary/aromatic N) is 2. The lowest BCUT2D eigenvalue weighted by atomic mass is 10.2. The molecule has 9 heteroatoms. The molecular formula is C19H21BrClN3O3S. The number of nitrogens with one attached hydrogen (secondary N) is 1. The number of hydrogen-bond acceptors (Lipinski definition) is 3. The molecule has 0 saturated carbocycles. The molecule has 0 spiro atoms. The van der Waals surface area contributed by atoms with Gasteiger partial charge in [0.25, 0.3) is 0 Å². The van der Waals surface area contributed by atoms with Gasteiger partial charge in [-0.15, -0.1) is 0 Å². The molecule has 1 N–H and O–H groups in total. The zero-order chi connectivity index (χ0) is 20.3. The first-order valence-electron chi connectivity index (χ1n) is 8.85. The Balaban J connectivity index is 1.69. The van der Waals surface area contributed by atoms with Crippen molar-refractivity contribution in [2.45, 2.75) is 18.2 Å². The highest BCUT2D eigenvalue weighted by molar-refractivity contribution is 9.10. The van der Waals surface area contributed by atoms with Gasteiger partial charge in [-0.3, -0.25) is 0 Å². The number of carbonyl (C=O) groups excluding carboxylic acids is 1. The van der Waals surface area contributed by atoms with Gasteiger partial charge in [0, 0.05) is 41.4 Å². The highest BCUT2D eigenvalue weighted by Gasteiger charge is 2.29. The Kier molecular flexibility index (Phi) is 6.65. The summed E-state index contributed by atoms with van der Waals surface area (Å²) < 4.78 is 28.1. The van der Waals surface area contributed by atoms with Crippen molar-refractivity contribution in [3.63, 3.8) is 0 Å². The Hall–Kier alpha value is -1.61. The fraction of sp³-hybridized carbons (Fsp3) is 0.316. The maximum absolute atomic E-state index is 13.0. The summed E-state index contributed by atoms with van der Waals surface area (Å²) >= 11 is 9.30. The first kappa shape index (κ1) is 21.1. The van der Waals surface area contributed by atoms with Crippen LogP contribution in [0.15, 0.2) is 51.8 Å². The molecule has 1 saturated heterocycles. The minimum atomic E-state index is -3.64. The SMILES string of the molecule is Cc1ccc(S(=O)(=O)N2CCCN(C(=O)Nc3cccc(Cl)c3)CC2)c(Br)c1. The maximum Gasteiger partial charge on any atom is 0.321 e. The van der Waals surface area contributed by atoms with Crippen molar-refractivity contribution in [1.82, 2.24) is 9.21 Å². The molecule has 1 fully saturated rings. The summed E-state index contributed by atoms with van der Waals surface area (Å²) in [4.78, 5) is 14.4. The highest BCUT2D eigenvalue weighted by Crippen LogP contribution is 2.27. The minimum absolute atomic E-state index is 0.242. The average molecular weight is 487 g/mol. The van der Waals surface area contributed by atoms with Crippen molar-refractivity contribution in [2.75, 3.05) is 31.5 Å². The van der Waals surface area contributed by atoms with Gasteiger partial charge in [-0.2, -0.15) is 4.31 Å². The Morgan fingerprint density at radius 3 is 2.61 bits per heavy atom. The van der Waals surface area contributed by atoms with Gasteiger partial charge in [0.05, 0.1) is 4.90 Å². The third-order valence-corrected chi connectivity index (χ3v) is 7.63. The second-order valence-electron chi connectivity index (χ2n) is 6.62. The number of amides is 2. The molecule has 1 aliphatic rings. The topological polar surface area (TPSA) is 69.7 Å². The van der Waals surface area contributed by atoms with Crippen LogP contribution in [-0.4, -0.2) is 49.8 Å². The first-order valence-corrected chi connectivity index (χ1v) is 11.5. The predicted molar refractivity (Wildman–Crippen MR) is 114 cm³/mol. The van der Waals surface area contributed by atoms with Crippen LogP contribution in [0.2, 0.25) is 5.02 Å². The van der Waals surface area contributed by atoms with Gasteiger partial charge in [0.2, 0.25) is 10.0 Å². The normalized spacial score (nSPS) is 15.9. The summed E-state index contributed by atoms with van der Waals surface area (Å²) in [6, 6.07) is 11.8. The standard InChI is InChI=1S/C19H21BrClN3O3S/c1-14-6-7-18(17(20)12-14)28(26,27)24-9-3-8-23(10-11-24)19(25)22-16-5-2-4-15(21)13-16/h2,4-7,12-13H,3,8-11H2,1H3,(H,22,25). The molecule has 2 aromatic rings. The number of aryl methyl sites for hydroxylation is 1. The third kappa shape index (κ3) is 4.86. The van der Waals surface area contributed by atoms with E-state index in [9.17, 15) is 13.2 Å². The number of sulfonamides is 1. The Morgan fingerprint density at radius 1 is 1.11 bits per heavy atom. The molecule has 0 aliphatic carbocycles. The molecule has 28 heavy (non-hydrogen) atoms. The number of rotatable bonds is 3. The Bertz CT molecular complexity index is 984. The second kappa shape index (κ2) is 8.82. The van der Waals surface area contributed by atoms with Crippen LogP contribution >= 0.6 is 27.5 Å². The van der Waals surface area contributed by atoms with Crippen molar-refractivity contribution in [1.29, 1.82) is 0 Å². The lowest BCUT2D eigenvalue weighted by Crippen LogP contribution is -2.39. The zero-order valence-corrected chi connectivity index (χ0v) is 18.5. The molecule has 0 atom stereocenters. The van der Waals surface area contributed by atoms with Gasteiger partial charge in [-0.05, 0) is 65.2 Å². The predicted octanol–water partition coefficient (Wildman–Crippen LogP) is 4.34. The highest BCUT2D eigenvalue weighted by atomic mass is 79.9. The van der Waals surface area contributed by atoms with Crippen molar-refractivity contribution in [3.8, 4) is 0 Å². The van der Waals surface area contributed by atoms with Crippen LogP contribution in [-0.2, 0) is 10.0 Å². The van der Waals surface area contributed by atoms with E-state index in [1.54, 1.807) is 47.4 Å². The summed E-state index contributed by atoms with van der Waals surface area (Å²) in [5, 5.41) is 3.34. The van der Waals surface area contributed by atoms with E-state index < -0.39 is 10.0 Å². The third-order valence-electron chi connectivity index (χ3n) is 4.52. The van der Waals surface area contributed by atoms with Gasteiger partial charge in [-0.25, -0.2) is 13.2 Å². The van der Waals surface area contributed by atoms with Crippen LogP contribution in [0.3, 0.4) is 0 Å². The number of anilines is 1. The van der Waals surface area contributed by atoms with E-state index >= 15 is 0 Å². The van der Waals surface area contributed by atoms with Crippen molar-refractivity contribution >= 4 is 49.3 Å². The summed E-state index contributed by atoms with van der Waals surface area (Å²) in [6.45, 7) is 3.31. The summed E-state index contributed by atoms with van der Waals surface area (Å²) in [6.07, 6.45) is 0.561. The number of carbonyl (C=O) groups is 1. The van der Waals surface area contributed by atoms with Gasteiger partial charge >= 0.3 is 6.03 Å². The summed E-state index contributed by atoms with van der Waals surface area (Å²) in [7, 11) is -3.64. The number of hydrogen-bond donors (Lipinski definition) is 1. The molecule has 3 rings (SSSR count). The molecular weight excluding hydrogens is 466 g/mol. The molecule has 0 bridgehead atoms. The molecule has 0 radical (unpaired) electrons. The zero-order valence-electron chi connectivity index (χ0n) is 15.4. The van der Waals surface area contributed by atoms with E-state index in [1.807, 2.05) is 6.92 Å². The van der Waals surface area contributed by atoms with Crippen LogP contribution in [0.1, 0.15) is 12.0 Å². The lowest BCUT2D eigenvalue weighted by Gasteiger charge is -2.22. The molecule has 2 aromatic carbocycles. The molecule has 2 amide bonds. The molecule has 1 heterocycles. The minimum Gasteiger partial charge on any atom is -0.323 e. The number of benzene rings is 2. The molecule has 6 nitrogen and oxygen atoms in total. The fourth-order valence-corrected chi connectivity index (χ4v) is 5.87. The largest absolute Gasteiger partial charge is 0.323 e. The quantitative estimate of drug-likeness (QED) is 0.702. The lowest BCUT2D eigenvalue weighted by molar-refractivity contribution is 0.214. The van der Waals surface area contributed by atoms with E-state index in [1.165, 1.54) is 4.31 Å². The van der Waals surface area contributed by atoms with Crippen molar-refractivity contribution in [3.05, 3.63) is 57.5 Å². The molecule has 0 unspecified atom stereocenters. The van der Waals surface area contributed by atoms with E-state index in [2.05, 4.69) is 21.2 Å². The summed E-state index contributed by atoms with van der Waals surface area (Å²) in [5.41, 5.74) is 1.58. The maximum atomic E-state index is 13.0. The van der Waals surface area contributed by atoms with E-state index in [-0.39, 0.29) is 17.5 Å². The van der Waals surface area contributed by atoms with E-state index in [4.69, 9.17) is 11.6 Å². The van der Waals surface area contributed by atoms with Gasteiger partial charge in [0.15, 0.2) is 0 Å². The van der Waals surface area contributed by atoms with E-state index in [0.717, 1.165) is 5.56 Å². The van der Waals surface area contributed by atoms with Crippen LogP contribution in [0.25, 0.3) is 0 Å². The van der Waals surface area contributed by atoms with Crippen LogP contribution in [0.4, 0.5) is 10.5 Å². The van der Waals surface area contributed by atoms with Crippen LogP contribution in [0, 0.1) is 6.92 Å². The number of halogens is 2. The second-order valence-corrected chi connectivity index (χ2v) is 9.82. The van der Waals surface area contributed by atoms with Crippen LogP contribution < -0.4 is 5.32 Å². The Labute approximate surface area is 178 Å². The molecule has 0 aromatic heterocycles. The molecule has 1 aliphatic heterocycles. The molecule has 150 valence electrons. The van der Waals surface area contributed by atoms with Crippen molar-refractivity contribution in [2.24, 2.45) is 0 Å². The summed E-state index contributed by atoms with van der Waals surface area (Å²) in [5.74, 6) is 0. The van der Waals surface area contributed by atoms with E-state index in [0.29, 0.717) is 41.2 Å². The smallest absolute Gasteiger partial charge is 0.321 e. The fourth-order valence-electron chi connectivity index (χ4n) is 3.06. The monoisotopic (exact) mass is 485 g/mol. The number of urea groups is 1. The van der Waals surface area contributed by atoms with Gasteiger partial charge in [0.1, 0.15) is 0 Å². The van der Waals surface area contributed by atoms with Crippen LogP contribution in [0.5, 0.6) is 0 Å². The Morgan fingerprint density at radius 2 is 1.89 bits per heavy atom. The average Bonchev–Trinajstić information content (AvgIpc) is 2.88. The van der Waals surface area contributed by atoms with Crippen molar-refractivity contribution < 1.29 is 13.2 Å². The van der Waals surface area contributed by atoms with Gasteiger partial charge < -0.3 is 10.2 Å². The first-order chi connectivity index (χ1) is 13.3. The van der Waals surface area contributed by atoms with Gasteiger partial charge in [-0.1, -0.05) is 23.7 Å².